The maximum atomic E-state index is 12.1. The molecule has 0 aliphatic carbocycles. The molecule has 0 aromatic heterocycles. The Labute approximate surface area is 115 Å². The normalized spacial score (nSPS) is 11.6. The number of carbonyl (C=O) groups excluding carboxylic acids is 1. The van der Waals surface area contributed by atoms with E-state index in [2.05, 4.69) is 21.2 Å². The average molecular weight is 332 g/mol. The van der Waals surface area contributed by atoms with Crippen molar-refractivity contribution in [2.45, 2.75) is 12.6 Å². The summed E-state index contributed by atoms with van der Waals surface area (Å²) in [5.74, 6) is -1.07. The van der Waals surface area contributed by atoms with Crippen LogP contribution in [0.1, 0.15) is 6.42 Å². The average Bonchev–Trinajstić information content (AvgIpc) is 2.31. The molecule has 0 saturated heterocycles. The van der Waals surface area contributed by atoms with Crippen molar-refractivity contribution in [3.05, 3.63) is 40.9 Å². The summed E-state index contributed by atoms with van der Waals surface area (Å²) in [4.78, 5) is 11.3. The smallest absolute Gasteiger partial charge is 0.325 e. The fourth-order valence-corrected chi connectivity index (χ4v) is 2.23. The van der Waals surface area contributed by atoms with Crippen LogP contribution in [0.25, 0.3) is 10.8 Å². The van der Waals surface area contributed by atoms with E-state index >= 15 is 0 Å². The van der Waals surface area contributed by atoms with E-state index in [1.54, 1.807) is 24.3 Å². The molecule has 19 heavy (non-hydrogen) atoms. The maximum absolute atomic E-state index is 12.1. The van der Waals surface area contributed by atoms with Gasteiger partial charge in [0.25, 0.3) is 0 Å². The molecule has 0 bridgehead atoms. The van der Waals surface area contributed by atoms with E-state index in [-0.39, 0.29) is 0 Å². The molecule has 0 unspecified atom stereocenters. The molecule has 100 valence electrons. The van der Waals surface area contributed by atoms with Gasteiger partial charge in [-0.15, -0.1) is 0 Å². The number of nitrogens with one attached hydrogen (secondary N) is 1. The van der Waals surface area contributed by atoms with Gasteiger partial charge >= 0.3 is 6.18 Å². The van der Waals surface area contributed by atoms with Gasteiger partial charge in [-0.25, -0.2) is 0 Å². The van der Waals surface area contributed by atoms with Gasteiger partial charge < -0.3 is 5.32 Å². The van der Waals surface area contributed by atoms with Crippen LogP contribution in [0.3, 0.4) is 0 Å². The first-order valence-corrected chi connectivity index (χ1v) is 6.20. The highest BCUT2D eigenvalue weighted by Crippen LogP contribution is 2.30. The summed E-state index contributed by atoms with van der Waals surface area (Å²) in [7, 11) is 0. The van der Waals surface area contributed by atoms with Crippen LogP contribution in [0.15, 0.2) is 40.9 Å². The number of halogens is 4. The molecule has 0 heterocycles. The summed E-state index contributed by atoms with van der Waals surface area (Å²) in [5, 5.41) is 3.80. The Hall–Kier alpha value is -1.56. The Morgan fingerprint density at radius 1 is 1.11 bits per heavy atom. The molecule has 1 amide bonds. The fourth-order valence-electron chi connectivity index (χ4n) is 1.75. The van der Waals surface area contributed by atoms with Crippen molar-refractivity contribution in [1.82, 2.24) is 0 Å². The van der Waals surface area contributed by atoms with Crippen LogP contribution in [0, 0.1) is 0 Å². The van der Waals surface area contributed by atoms with Crippen LogP contribution < -0.4 is 5.32 Å². The van der Waals surface area contributed by atoms with Crippen LogP contribution in [-0.4, -0.2) is 12.1 Å². The number of benzene rings is 2. The van der Waals surface area contributed by atoms with E-state index in [9.17, 15) is 18.0 Å². The minimum atomic E-state index is -4.50. The molecule has 0 atom stereocenters. The Bertz CT molecular complexity index is 625. The van der Waals surface area contributed by atoms with Gasteiger partial charge in [-0.05, 0) is 17.5 Å². The van der Waals surface area contributed by atoms with Gasteiger partial charge in [0.1, 0.15) is 6.42 Å². The zero-order valence-electron chi connectivity index (χ0n) is 9.59. The first-order valence-electron chi connectivity index (χ1n) is 5.41. The highest BCUT2D eigenvalue weighted by molar-refractivity contribution is 9.10. The van der Waals surface area contributed by atoms with Crippen LogP contribution in [-0.2, 0) is 4.79 Å². The van der Waals surface area contributed by atoms with Gasteiger partial charge in [-0.2, -0.15) is 13.2 Å². The van der Waals surface area contributed by atoms with Gasteiger partial charge in [0, 0.05) is 15.5 Å². The second kappa shape index (κ2) is 5.21. The van der Waals surface area contributed by atoms with Crippen molar-refractivity contribution in [3.63, 3.8) is 0 Å². The van der Waals surface area contributed by atoms with Gasteiger partial charge in [-0.1, -0.05) is 40.2 Å². The van der Waals surface area contributed by atoms with Gasteiger partial charge in [0.15, 0.2) is 0 Å². The number of hydrogen-bond acceptors (Lipinski definition) is 1. The van der Waals surface area contributed by atoms with Gasteiger partial charge in [0.05, 0.1) is 0 Å². The maximum Gasteiger partial charge on any atom is 0.397 e. The summed E-state index contributed by atoms with van der Waals surface area (Å²) >= 11 is 3.35. The van der Waals surface area contributed by atoms with Crippen molar-refractivity contribution in [3.8, 4) is 0 Å². The monoisotopic (exact) mass is 331 g/mol. The Kier molecular flexibility index (Phi) is 3.80. The lowest BCUT2D eigenvalue weighted by Crippen LogP contribution is -2.21. The lowest BCUT2D eigenvalue weighted by atomic mass is 10.1. The predicted octanol–water partition coefficient (Wildman–Crippen LogP) is 4.49. The summed E-state index contributed by atoms with van der Waals surface area (Å²) in [6.45, 7) is 0. The quantitative estimate of drug-likeness (QED) is 0.862. The number of anilines is 1. The lowest BCUT2D eigenvalue weighted by Gasteiger charge is -2.11. The summed E-state index contributed by atoms with van der Waals surface area (Å²) in [6, 6.07) is 10.4. The van der Waals surface area contributed by atoms with E-state index in [0.717, 1.165) is 9.86 Å². The van der Waals surface area contributed by atoms with Crippen molar-refractivity contribution in [2.24, 2.45) is 0 Å². The molecule has 2 aromatic carbocycles. The third kappa shape index (κ3) is 3.47. The zero-order valence-corrected chi connectivity index (χ0v) is 11.2. The standard InChI is InChI=1S/C13H9BrF3NO/c14-10-5-6-11(9-4-2-1-3-8(9)10)18-12(19)7-13(15,16)17/h1-6H,7H2,(H,18,19). The highest BCUT2D eigenvalue weighted by Gasteiger charge is 2.31. The Balaban J connectivity index is 2.31. The van der Waals surface area contributed by atoms with Crippen LogP contribution >= 0.6 is 15.9 Å². The molecule has 0 saturated carbocycles. The molecule has 2 nitrogen and oxygen atoms in total. The molecule has 2 rings (SSSR count). The summed E-state index contributed by atoms with van der Waals surface area (Å²) in [6.07, 6.45) is -5.99. The van der Waals surface area contributed by atoms with Crippen LogP contribution in [0.4, 0.5) is 18.9 Å². The first-order chi connectivity index (χ1) is 8.87. The molecule has 6 heteroatoms. The number of hydrogen-bond donors (Lipinski definition) is 1. The molecule has 2 aromatic rings. The predicted molar refractivity (Wildman–Crippen MR) is 70.9 cm³/mol. The Morgan fingerprint density at radius 2 is 1.74 bits per heavy atom. The van der Waals surface area contributed by atoms with Gasteiger partial charge in [-0.3, -0.25) is 4.79 Å². The second-order valence-electron chi connectivity index (χ2n) is 3.98. The lowest BCUT2D eigenvalue weighted by molar-refractivity contribution is -0.150. The van der Waals surface area contributed by atoms with E-state index in [1.165, 1.54) is 0 Å². The number of alkyl halides is 3. The fraction of sp³-hybridized carbons (Fsp3) is 0.154. The second-order valence-corrected chi connectivity index (χ2v) is 4.83. The number of carbonyl (C=O) groups is 1. The summed E-state index contributed by atoms with van der Waals surface area (Å²) < 4.78 is 37.2. The molecule has 0 radical (unpaired) electrons. The molecule has 0 spiro atoms. The largest absolute Gasteiger partial charge is 0.397 e. The van der Waals surface area contributed by atoms with E-state index < -0.39 is 18.5 Å². The van der Waals surface area contributed by atoms with E-state index in [4.69, 9.17) is 0 Å². The topological polar surface area (TPSA) is 29.1 Å². The molecular weight excluding hydrogens is 323 g/mol. The van der Waals surface area contributed by atoms with Crippen molar-refractivity contribution in [2.75, 3.05) is 5.32 Å². The van der Waals surface area contributed by atoms with Crippen molar-refractivity contribution < 1.29 is 18.0 Å². The summed E-state index contributed by atoms with van der Waals surface area (Å²) in [5.41, 5.74) is 0.369. The minimum absolute atomic E-state index is 0.369. The van der Waals surface area contributed by atoms with Crippen molar-refractivity contribution in [1.29, 1.82) is 0 Å². The molecule has 0 aliphatic heterocycles. The number of amides is 1. The molecule has 1 N–H and O–H groups in total. The van der Waals surface area contributed by atoms with Crippen molar-refractivity contribution >= 4 is 38.3 Å². The number of fused-ring (bicyclic) bond motifs is 1. The third-order valence-electron chi connectivity index (χ3n) is 2.51. The van der Waals surface area contributed by atoms with Crippen LogP contribution in [0.5, 0.6) is 0 Å². The first kappa shape index (κ1) is 13.9. The SMILES string of the molecule is O=C(CC(F)(F)F)Nc1ccc(Br)c2ccccc12. The molecule has 0 aliphatic rings. The minimum Gasteiger partial charge on any atom is -0.325 e. The zero-order chi connectivity index (χ0) is 14.0. The number of rotatable bonds is 2. The Morgan fingerprint density at radius 3 is 2.37 bits per heavy atom. The van der Waals surface area contributed by atoms with E-state index in [0.29, 0.717) is 11.1 Å². The van der Waals surface area contributed by atoms with Gasteiger partial charge in [0.2, 0.25) is 5.91 Å². The highest BCUT2D eigenvalue weighted by atomic mass is 79.9. The molecule has 0 fully saturated rings. The van der Waals surface area contributed by atoms with E-state index in [1.807, 2.05) is 12.1 Å². The van der Waals surface area contributed by atoms with Crippen LogP contribution in [0.2, 0.25) is 0 Å². The molecular formula is C13H9BrF3NO. The third-order valence-corrected chi connectivity index (χ3v) is 3.20.